The minimum Gasteiger partial charge on any atom is -0.508 e. The first-order chi connectivity index (χ1) is 5.74. The molecule has 2 heteroatoms. The Morgan fingerprint density at radius 1 is 1.42 bits per heavy atom. The van der Waals surface area contributed by atoms with E-state index < -0.39 is 0 Å². The first-order valence-electron chi connectivity index (χ1n) is 4.21. The van der Waals surface area contributed by atoms with E-state index in [1.165, 1.54) is 22.0 Å². The van der Waals surface area contributed by atoms with E-state index >= 15 is 0 Å². The smallest absolute Gasteiger partial charge is 0.115 e. The van der Waals surface area contributed by atoms with Gasteiger partial charge in [-0.05, 0) is 59.2 Å². The van der Waals surface area contributed by atoms with Gasteiger partial charge in [-0.25, -0.2) is 0 Å². The topological polar surface area (TPSA) is 20.2 Å². The summed E-state index contributed by atoms with van der Waals surface area (Å²) in [5.74, 6) is 0.376. The molecule has 0 aliphatic rings. The summed E-state index contributed by atoms with van der Waals surface area (Å²) in [7, 11) is 0. The molecule has 0 bridgehead atoms. The lowest BCUT2D eigenvalue weighted by atomic mass is 10.1. The van der Waals surface area contributed by atoms with Crippen LogP contribution in [0, 0.1) is 3.57 Å². The highest BCUT2D eigenvalue weighted by Crippen LogP contribution is 2.19. The molecule has 1 rings (SSSR count). The Labute approximate surface area is 86.9 Å². The summed E-state index contributed by atoms with van der Waals surface area (Å²) in [4.78, 5) is 0. The molecular weight excluding hydrogens is 263 g/mol. The van der Waals surface area contributed by atoms with E-state index in [1.807, 2.05) is 12.1 Å². The average molecular weight is 276 g/mol. The fourth-order valence-electron chi connectivity index (χ4n) is 1.12. The maximum Gasteiger partial charge on any atom is 0.115 e. The molecule has 0 fully saturated rings. The number of rotatable bonds is 3. The van der Waals surface area contributed by atoms with Gasteiger partial charge in [0.2, 0.25) is 0 Å². The largest absolute Gasteiger partial charge is 0.508 e. The Hall–Kier alpha value is -0.250. The summed E-state index contributed by atoms with van der Waals surface area (Å²) in [5, 5.41) is 9.23. The normalized spacial score (nSPS) is 10.2. The quantitative estimate of drug-likeness (QED) is 0.839. The molecule has 1 aromatic carbocycles. The van der Waals surface area contributed by atoms with Crippen LogP contribution in [0.3, 0.4) is 0 Å². The van der Waals surface area contributed by atoms with Gasteiger partial charge in [-0.2, -0.15) is 0 Å². The van der Waals surface area contributed by atoms with E-state index in [2.05, 4.69) is 29.5 Å². The number of aromatic hydroxyl groups is 1. The molecule has 0 saturated carbocycles. The third-order valence-corrected chi connectivity index (χ3v) is 2.88. The fourth-order valence-corrected chi connectivity index (χ4v) is 1.73. The molecular formula is C10H13IO. The molecule has 0 saturated heterocycles. The number of unbranched alkanes of at least 4 members (excludes halogenated alkanes) is 1. The highest BCUT2D eigenvalue weighted by atomic mass is 127. The summed E-state index contributed by atoms with van der Waals surface area (Å²) in [6.45, 7) is 2.18. The van der Waals surface area contributed by atoms with E-state index in [0.717, 1.165) is 6.42 Å². The lowest BCUT2D eigenvalue weighted by Gasteiger charge is -2.03. The van der Waals surface area contributed by atoms with Gasteiger partial charge < -0.3 is 5.11 Å². The maximum atomic E-state index is 9.23. The molecule has 0 aliphatic heterocycles. The van der Waals surface area contributed by atoms with Crippen molar-refractivity contribution >= 4 is 22.6 Å². The Balaban J connectivity index is 2.75. The van der Waals surface area contributed by atoms with Gasteiger partial charge in [0.15, 0.2) is 0 Å². The maximum absolute atomic E-state index is 9.23. The van der Waals surface area contributed by atoms with Gasteiger partial charge in [-0.3, -0.25) is 0 Å². The van der Waals surface area contributed by atoms with Crippen LogP contribution in [0.2, 0.25) is 0 Å². The van der Waals surface area contributed by atoms with Crippen molar-refractivity contribution in [1.82, 2.24) is 0 Å². The zero-order valence-electron chi connectivity index (χ0n) is 7.18. The van der Waals surface area contributed by atoms with Gasteiger partial charge >= 0.3 is 0 Å². The number of aryl methyl sites for hydroxylation is 1. The highest BCUT2D eigenvalue weighted by molar-refractivity contribution is 14.1. The van der Waals surface area contributed by atoms with Crippen molar-refractivity contribution in [2.24, 2.45) is 0 Å². The van der Waals surface area contributed by atoms with Crippen LogP contribution in [-0.2, 0) is 6.42 Å². The van der Waals surface area contributed by atoms with E-state index in [9.17, 15) is 5.11 Å². The monoisotopic (exact) mass is 276 g/mol. The van der Waals surface area contributed by atoms with Crippen molar-refractivity contribution in [3.63, 3.8) is 0 Å². The highest BCUT2D eigenvalue weighted by Gasteiger charge is 1.99. The number of phenols is 1. The van der Waals surface area contributed by atoms with E-state index in [1.54, 1.807) is 6.07 Å². The number of phenolic OH excluding ortho intramolecular Hbond substituents is 1. The van der Waals surface area contributed by atoms with Crippen LogP contribution in [0.25, 0.3) is 0 Å². The van der Waals surface area contributed by atoms with E-state index in [0.29, 0.717) is 5.75 Å². The fraction of sp³-hybridized carbons (Fsp3) is 0.400. The first kappa shape index (κ1) is 9.84. The van der Waals surface area contributed by atoms with Crippen LogP contribution in [0.5, 0.6) is 5.75 Å². The van der Waals surface area contributed by atoms with Gasteiger partial charge in [0.1, 0.15) is 5.75 Å². The minimum absolute atomic E-state index is 0.376. The molecule has 12 heavy (non-hydrogen) atoms. The second-order valence-electron chi connectivity index (χ2n) is 2.88. The van der Waals surface area contributed by atoms with Crippen molar-refractivity contribution in [3.8, 4) is 5.75 Å². The second-order valence-corrected chi connectivity index (χ2v) is 4.04. The van der Waals surface area contributed by atoms with Crippen molar-refractivity contribution in [2.45, 2.75) is 26.2 Å². The zero-order chi connectivity index (χ0) is 8.97. The van der Waals surface area contributed by atoms with Crippen LogP contribution in [0.15, 0.2) is 18.2 Å². The van der Waals surface area contributed by atoms with Gasteiger partial charge in [-0.15, -0.1) is 0 Å². The van der Waals surface area contributed by atoms with Crippen LogP contribution in [-0.4, -0.2) is 5.11 Å². The summed E-state index contributed by atoms with van der Waals surface area (Å²) in [5.41, 5.74) is 1.26. The second kappa shape index (κ2) is 4.70. The molecule has 1 nitrogen and oxygen atoms in total. The molecule has 1 aromatic rings. The zero-order valence-corrected chi connectivity index (χ0v) is 9.34. The molecule has 0 aliphatic carbocycles. The SMILES string of the molecule is CCCCc1cc(O)ccc1I. The van der Waals surface area contributed by atoms with Gasteiger partial charge in [0, 0.05) is 3.57 Å². The summed E-state index contributed by atoms with van der Waals surface area (Å²) in [6.07, 6.45) is 3.47. The molecule has 1 N–H and O–H groups in total. The van der Waals surface area contributed by atoms with E-state index in [-0.39, 0.29) is 0 Å². The molecule has 66 valence electrons. The van der Waals surface area contributed by atoms with Crippen LogP contribution in [0.4, 0.5) is 0 Å². The molecule has 0 amide bonds. The lowest BCUT2D eigenvalue weighted by molar-refractivity contribution is 0.474. The summed E-state index contributed by atoms with van der Waals surface area (Å²) < 4.78 is 1.25. The Kier molecular flexibility index (Phi) is 3.85. The number of benzene rings is 1. The number of hydrogen-bond donors (Lipinski definition) is 1. The van der Waals surface area contributed by atoms with Crippen molar-refractivity contribution < 1.29 is 5.11 Å². The van der Waals surface area contributed by atoms with E-state index in [4.69, 9.17) is 0 Å². The molecule has 0 radical (unpaired) electrons. The Morgan fingerprint density at radius 3 is 2.83 bits per heavy atom. The predicted octanol–water partition coefficient (Wildman–Crippen LogP) is 3.34. The molecule has 0 atom stereocenters. The van der Waals surface area contributed by atoms with Crippen LogP contribution >= 0.6 is 22.6 Å². The summed E-state index contributed by atoms with van der Waals surface area (Å²) in [6, 6.07) is 5.55. The third-order valence-electron chi connectivity index (χ3n) is 1.83. The molecule has 0 spiro atoms. The van der Waals surface area contributed by atoms with Crippen molar-refractivity contribution in [3.05, 3.63) is 27.3 Å². The predicted molar refractivity (Wildman–Crippen MR) is 59.4 cm³/mol. The third kappa shape index (κ3) is 2.66. The minimum atomic E-state index is 0.376. The van der Waals surface area contributed by atoms with Gasteiger partial charge in [0.05, 0.1) is 0 Å². The van der Waals surface area contributed by atoms with Crippen molar-refractivity contribution in [2.75, 3.05) is 0 Å². The Bertz CT molecular complexity index is 258. The van der Waals surface area contributed by atoms with Crippen LogP contribution < -0.4 is 0 Å². The molecule has 0 unspecified atom stereocenters. The van der Waals surface area contributed by atoms with Gasteiger partial charge in [-0.1, -0.05) is 13.3 Å². The number of hydrogen-bond acceptors (Lipinski definition) is 1. The molecule has 0 heterocycles. The van der Waals surface area contributed by atoms with Crippen molar-refractivity contribution in [1.29, 1.82) is 0 Å². The average Bonchev–Trinajstić information content (AvgIpc) is 2.07. The summed E-state index contributed by atoms with van der Waals surface area (Å²) >= 11 is 2.31. The standard InChI is InChI=1S/C10H13IO/c1-2-3-4-8-7-9(12)5-6-10(8)11/h5-7,12H,2-4H2,1H3. The number of halogens is 1. The lowest BCUT2D eigenvalue weighted by Crippen LogP contribution is -1.88. The van der Waals surface area contributed by atoms with Gasteiger partial charge in [0.25, 0.3) is 0 Å². The van der Waals surface area contributed by atoms with Crippen LogP contribution in [0.1, 0.15) is 25.3 Å². The first-order valence-corrected chi connectivity index (χ1v) is 5.29. The molecule has 0 aromatic heterocycles. The Morgan fingerprint density at radius 2 is 2.17 bits per heavy atom.